The molecular weight excluding hydrogens is 356 g/mol. The monoisotopic (exact) mass is 374 g/mol. The Hall–Kier alpha value is -0.920. The Labute approximate surface area is 133 Å². The molecule has 0 aliphatic heterocycles. The summed E-state index contributed by atoms with van der Waals surface area (Å²) in [5.74, 6) is 0.416. The number of amides is 1. The molecule has 2 rings (SSSR count). The Morgan fingerprint density at radius 2 is 2.05 bits per heavy atom. The van der Waals surface area contributed by atoms with Gasteiger partial charge < -0.3 is 4.90 Å². The van der Waals surface area contributed by atoms with Crippen molar-refractivity contribution in [3.63, 3.8) is 0 Å². The molecule has 116 valence electrons. The third-order valence-electron chi connectivity index (χ3n) is 3.52. The summed E-state index contributed by atoms with van der Waals surface area (Å²) in [6.45, 7) is 4.64. The summed E-state index contributed by atoms with van der Waals surface area (Å²) in [5, 5.41) is 5.17. The second-order valence-electron chi connectivity index (χ2n) is 5.68. The van der Waals surface area contributed by atoms with Gasteiger partial charge in [-0.1, -0.05) is 0 Å². The zero-order chi connectivity index (χ0) is 15.8. The van der Waals surface area contributed by atoms with Crippen molar-refractivity contribution in [2.24, 2.45) is 11.1 Å². The van der Waals surface area contributed by atoms with Gasteiger partial charge in [0.25, 0.3) is 5.91 Å². The Kier molecular flexibility index (Phi) is 4.75. The first kappa shape index (κ1) is 16.5. The van der Waals surface area contributed by atoms with Gasteiger partial charge in [-0.3, -0.25) is 4.79 Å². The molecule has 0 bridgehead atoms. The lowest BCUT2D eigenvalue weighted by Gasteiger charge is -2.27. The molecule has 0 radical (unpaired) electrons. The van der Waals surface area contributed by atoms with Crippen LogP contribution < -0.4 is 5.14 Å². The summed E-state index contributed by atoms with van der Waals surface area (Å²) in [6.07, 6.45) is 2.30. The van der Waals surface area contributed by atoms with Gasteiger partial charge in [-0.05, 0) is 66.7 Å². The maximum absolute atomic E-state index is 12.6. The molecule has 2 N–H and O–H groups in total. The molecular formula is C14H19BrN2O3S. The smallest absolute Gasteiger partial charge is 0.254 e. The molecule has 1 saturated carbocycles. The van der Waals surface area contributed by atoms with Gasteiger partial charge in [0.2, 0.25) is 10.0 Å². The number of rotatable bonds is 5. The van der Waals surface area contributed by atoms with Gasteiger partial charge in [0.05, 0.1) is 4.90 Å². The molecule has 21 heavy (non-hydrogen) atoms. The van der Waals surface area contributed by atoms with E-state index >= 15 is 0 Å². The molecule has 7 heteroatoms. The average Bonchev–Trinajstić information content (AvgIpc) is 3.18. The van der Waals surface area contributed by atoms with Crippen LogP contribution in [0, 0.1) is 5.92 Å². The van der Waals surface area contributed by atoms with Crippen LogP contribution in [0.5, 0.6) is 0 Å². The first-order chi connectivity index (χ1) is 9.70. The topological polar surface area (TPSA) is 80.5 Å². The Morgan fingerprint density at radius 1 is 1.43 bits per heavy atom. The fourth-order valence-corrected chi connectivity index (χ4v) is 3.68. The molecule has 5 nitrogen and oxygen atoms in total. The third kappa shape index (κ3) is 4.05. The van der Waals surface area contributed by atoms with Crippen molar-refractivity contribution in [3.8, 4) is 0 Å². The molecule has 1 fully saturated rings. The first-order valence-electron chi connectivity index (χ1n) is 6.83. The number of benzene rings is 1. The summed E-state index contributed by atoms with van der Waals surface area (Å²) in [6, 6.07) is 4.57. The van der Waals surface area contributed by atoms with Crippen LogP contribution in [0.15, 0.2) is 27.6 Å². The van der Waals surface area contributed by atoms with Crippen molar-refractivity contribution in [2.45, 2.75) is 37.6 Å². The van der Waals surface area contributed by atoms with E-state index in [1.807, 2.05) is 13.8 Å². The minimum absolute atomic E-state index is 0.0662. The number of nitrogens with two attached hydrogens (primary N) is 1. The number of hydrogen-bond acceptors (Lipinski definition) is 3. The van der Waals surface area contributed by atoms with Crippen LogP contribution in [-0.4, -0.2) is 31.8 Å². The van der Waals surface area contributed by atoms with Gasteiger partial charge >= 0.3 is 0 Å². The highest BCUT2D eigenvalue weighted by Gasteiger charge is 2.29. The number of primary sulfonamides is 1. The van der Waals surface area contributed by atoms with Gasteiger partial charge in [-0.15, -0.1) is 0 Å². The normalized spacial score (nSPS) is 15.3. The molecule has 0 aromatic heterocycles. The number of hydrogen-bond donors (Lipinski definition) is 1. The number of sulfonamides is 1. The van der Waals surface area contributed by atoms with E-state index in [2.05, 4.69) is 15.9 Å². The number of halogens is 1. The molecule has 1 aliphatic carbocycles. The zero-order valence-corrected chi connectivity index (χ0v) is 14.4. The largest absolute Gasteiger partial charge is 0.336 e. The fraction of sp³-hybridized carbons (Fsp3) is 0.500. The molecule has 0 unspecified atom stereocenters. The molecule has 0 spiro atoms. The lowest BCUT2D eigenvalue weighted by Crippen LogP contribution is -2.38. The van der Waals surface area contributed by atoms with Gasteiger partial charge in [0, 0.05) is 22.6 Å². The predicted molar refractivity (Wildman–Crippen MR) is 84.4 cm³/mol. The van der Waals surface area contributed by atoms with Crippen molar-refractivity contribution >= 4 is 31.9 Å². The summed E-state index contributed by atoms with van der Waals surface area (Å²) >= 11 is 3.15. The van der Waals surface area contributed by atoms with Crippen molar-refractivity contribution in [1.82, 2.24) is 4.90 Å². The minimum atomic E-state index is -3.86. The summed E-state index contributed by atoms with van der Waals surface area (Å²) < 4.78 is 23.4. The standard InChI is InChI=1S/C14H19BrN2O3S/c1-9(2)17(8-10-3-4-10)14(18)11-5-6-12(15)13(7-11)21(16,19)20/h5-7,9-10H,3-4,8H2,1-2H3,(H2,16,19,20). The van der Waals surface area contributed by atoms with E-state index in [-0.39, 0.29) is 16.8 Å². The van der Waals surface area contributed by atoms with Crippen LogP contribution in [0.1, 0.15) is 37.0 Å². The number of carbonyl (C=O) groups is 1. The zero-order valence-electron chi connectivity index (χ0n) is 12.0. The van der Waals surface area contributed by atoms with E-state index in [9.17, 15) is 13.2 Å². The van der Waals surface area contributed by atoms with Gasteiger partial charge in [0.15, 0.2) is 0 Å². The number of nitrogens with zero attached hydrogens (tertiary/aromatic N) is 1. The molecule has 1 aromatic rings. The van der Waals surface area contributed by atoms with Crippen molar-refractivity contribution in [1.29, 1.82) is 0 Å². The third-order valence-corrected chi connectivity index (χ3v) is 5.43. The second-order valence-corrected chi connectivity index (χ2v) is 8.07. The highest BCUT2D eigenvalue weighted by Crippen LogP contribution is 2.31. The Bertz CT molecular complexity index is 654. The predicted octanol–water partition coefficient (Wildman–Crippen LogP) is 2.36. The second kappa shape index (κ2) is 6.06. The van der Waals surface area contributed by atoms with E-state index in [0.717, 1.165) is 19.4 Å². The lowest BCUT2D eigenvalue weighted by atomic mass is 10.1. The van der Waals surface area contributed by atoms with Crippen molar-refractivity contribution < 1.29 is 13.2 Å². The van der Waals surface area contributed by atoms with Crippen LogP contribution >= 0.6 is 15.9 Å². The van der Waals surface area contributed by atoms with E-state index < -0.39 is 10.0 Å². The van der Waals surface area contributed by atoms with E-state index in [0.29, 0.717) is 16.0 Å². The Balaban J connectivity index is 2.33. The van der Waals surface area contributed by atoms with Crippen LogP contribution in [0.2, 0.25) is 0 Å². The van der Waals surface area contributed by atoms with Crippen LogP contribution in [0.3, 0.4) is 0 Å². The van der Waals surface area contributed by atoms with Crippen LogP contribution in [0.4, 0.5) is 0 Å². The minimum Gasteiger partial charge on any atom is -0.336 e. The van der Waals surface area contributed by atoms with Crippen LogP contribution in [0.25, 0.3) is 0 Å². The van der Waals surface area contributed by atoms with Gasteiger partial charge in [0.1, 0.15) is 0 Å². The fourth-order valence-electron chi connectivity index (χ4n) is 2.13. The first-order valence-corrected chi connectivity index (χ1v) is 9.17. The molecule has 0 atom stereocenters. The summed E-state index contributed by atoms with van der Waals surface area (Å²) in [7, 11) is -3.86. The lowest BCUT2D eigenvalue weighted by molar-refractivity contribution is 0.0696. The van der Waals surface area contributed by atoms with Crippen molar-refractivity contribution in [3.05, 3.63) is 28.2 Å². The van der Waals surface area contributed by atoms with E-state index in [1.54, 1.807) is 17.0 Å². The highest BCUT2D eigenvalue weighted by atomic mass is 79.9. The summed E-state index contributed by atoms with van der Waals surface area (Å²) in [4.78, 5) is 14.3. The molecule has 1 amide bonds. The Morgan fingerprint density at radius 3 is 2.52 bits per heavy atom. The molecule has 0 saturated heterocycles. The maximum atomic E-state index is 12.6. The van der Waals surface area contributed by atoms with Crippen LogP contribution in [-0.2, 0) is 10.0 Å². The molecule has 0 heterocycles. The van der Waals surface area contributed by atoms with E-state index in [1.165, 1.54) is 6.07 Å². The molecule has 1 aliphatic rings. The highest BCUT2D eigenvalue weighted by molar-refractivity contribution is 9.10. The van der Waals surface area contributed by atoms with E-state index in [4.69, 9.17) is 5.14 Å². The SMILES string of the molecule is CC(C)N(CC1CC1)C(=O)c1ccc(Br)c(S(N)(=O)=O)c1. The van der Waals surface area contributed by atoms with Crippen molar-refractivity contribution in [2.75, 3.05) is 6.54 Å². The average molecular weight is 375 g/mol. The maximum Gasteiger partial charge on any atom is 0.254 e. The quantitative estimate of drug-likeness (QED) is 0.858. The molecule has 1 aromatic carbocycles. The van der Waals surface area contributed by atoms with Gasteiger partial charge in [-0.2, -0.15) is 0 Å². The number of carbonyl (C=O) groups excluding carboxylic acids is 1. The van der Waals surface area contributed by atoms with Gasteiger partial charge in [-0.25, -0.2) is 13.6 Å². The summed E-state index contributed by atoms with van der Waals surface area (Å²) in [5.41, 5.74) is 0.344.